The summed E-state index contributed by atoms with van der Waals surface area (Å²) in [7, 11) is 0. The maximum atomic E-state index is 11.9. The predicted octanol–water partition coefficient (Wildman–Crippen LogP) is 2.71. The van der Waals surface area contributed by atoms with Crippen LogP contribution in [0.25, 0.3) is 0 Å². The van der Waals surface area contributed by atoms with Crippen molar-refractivity contribution in [2.45, 2.75) is 39.2 Å². The van der Waals surface area contributed by atoms with Crippen LogP contribution in [-0.4, -0.2) is 59.5 Å². The third-order valence-electron chi connectivity index (χ3n) is 2.88. The number of rotatable bonds is 4. The van der Waals surface area contributed by atoms with Gasteiger partial charge in [-0.2, -0.15) is 0 Å². The molecule has 0 aliphatic carbocycles. The first-order valence-electron chi connectivity index (χ1n) is 6.68. The number of nitrogens with zero attached hydrogens (tertiary/aromatic N) is 2. The van der Waals surface area contributed by atoms with E-state index in [9.17, 15) is 4.79 Å². The lowest BCUT2D eigenvalue weighted by molar-refractivity contribution is 0.0144. The molecule has 0 aromatic heterocycles. The third-order valence-corrected chi connectivity index (χ3v) is 3.44. The van der Waals surface area contributed by atoms with Crippen LogP contribution in [-0.2, 0) is 4.74 Å². The van der Waals surface area contributed by atoms with Crippen LogP contribution in [0.3, 0.4) is 0 Å². The Morgan fingerprint density at radius 1 is 1.17 bits per heavy atom. The number of amides is 1. The second kappa shape index (κ2) is 7.34. The summed E-state index contributed by atoms with van der Waals surface area (Å²) < 4.78 is 5.37. The number of piperazine rings is 1. The Morgan fingerprint density at radius 3 is 2.28 bits per heavy atom. The zero-order valence-corrected chi connectivity index (χ0v) is 13.3. The van der Waals surface area contributed by atoms with Crippen molar-refractivity contribution in [3.63, 3.8) is 0 Å². The second-order valence-corrected chi connectivity index (χ2v) is 6.50. The lowest BCUT2D eigenvalue weighted by Gasteiger charge is -2.35. The van der Waals surface area contributed by atoms with Gasteiger partial charge < -0.3 is 9.64 Å². The average molecular weight is 321 g/mol. The highest BCUT2D eigenvalue weighted by atomic mass is 79.9. The molecule has 0 aromatic rings. The molecule has 1 heterocycles. The average Bonchev–Trinajstić information content (AvgIpc) is 2.28. The summed E-state index contributed by atoms with van der Waals surface area (Å²) in [5.74, 6) is 0. The molecule has 0 bridgehead atoms. The molecule has 1 aliphatic rings. The highest BCUT2D eigenvalue weighted by molar-refractivity contribution is 9.09. The Balaban J connectivity index is 2.24. The largest absolute Gasteiger partial charge is 0.444 e. The topological polar surface area (TPSA) is 32.8 Å². The van der Waals surface area contributed by atoms with Crippen molar-refractivity contribution >= 4 is 22.0 Å². The molecule has 0 aromatic carbocycles. The van der Waals surface area contributed by atoms with E-state index in [1.165, 1.54) is 12.8 Å². The van der Waals surface area contributed by atoms with E-state index >= 15 is 0 Å². The van der Waals surface area contributed by atoms with Gasteiger partial charge in [0.05, 0.1) is 0 Å². The minimum atomic E-state index is -0.399. The van der Waals surface area contributed by atoms with Crippen molar-refractivity contribution in [3.8, 4) is 0 Å². The summed E-state index contributed by atoms with van der Waals surface area (Å²) in [6.07, 6.45) is 2.26. The van der Waals surface area contributed by atoms with E-state index in [4.69, 9.17) is 4.74 Å². The minimum Gasteiger partial charge on any atom is -0.444 e. The molecule has 0 radical (unpaired) electrons. The maximum Gasteiger partial charge on any atom is 0.410 e. The quantitative estimate of drug-likeness (QED) is 0.590. The summed E-state index contributed by atoms with van der Waals surface area (Å²) in [4.78, 5) is 16.1. The molecule has 1 aliphatic heterocycles. The Hall–Kier alpha value is -0.290. The SMILES string of the molecule is CC(C)(C)OC(=O)N1CCN(CCCCBr)CC1. The molecule has 4 nitrogen and oxygen atoms in total. The normalized spacial score (nSPS) is 17.9. The second-order valence-electron chi connectivity index (χ2n) is 5.71. The molecule has 0 N–H and O–H groups in total. The van der Waals surface area contributed by atoms with Gasteiger partial charge >= 0.3 is 6.09 Å². The molecule has 106 valence electrons. The summed E-state index contributed by atoms with van der Waals surface area (Å²) in [6, 6.07) is 0. The highest BCUT2D eigenvalue weighted by Gasteiger charge is 2.25. The summed E-state index contributed by atoms with van der Waals surface area (Å²) >= 11 is 3.44. The number of unbranched alkanes of at least 4 members (excludes halogenated alkanes) is 1. The predicted molar refractivity (Wildman–Crippen MR) is 77.3 cm³/mol. The molecule has 5 heteroatoms. The Labute approximate surface area is 119 Å². The molecule has 18 heavy (non-hydrogen) atoms. The first-order valence-corrected chi connectivity index (χ1v) is 7.81. The Bertz CT molecular complexity index is 258. The van der Waals surface area contributed by atoms with Gasteiger partial charge in [-0.05, 0) is 40.2 Å². The van der Waals surface area contributed by atoms with E-state index in [1.54, 1.807) is 0 Å². The van der Waals surface area contributed by atoms with E-state index in [1.807, 2.05) is 25.7 Å². The molecule has 1 fully saturated rings. The zero-order valence-electron chi connectivity index (χ0n) is 11.7. The zero-order chi connectivity index (χ0) is 13.6. The van der Waals surface area contributed by atoms with Gasteiger partial charge in [-0.15, -0.1) is 0 Å². The fourth-order valence-electron chi connectivity index (χ4n) is 1.91. The van der Waals surface area contributed by atoms with Crippen molar-refractivity contribution < 1.29 is 9.53 Å². The molecule has 1 rings (SSSR count). The number of hydrogen-bond acceptors (Lipinski definition) is 3. The van der Waals surface area contributed by atoms with Crippen molar-refractivity contribution in [2.24, 2.45) is 0 Å². The molecular formula is C13H25BrN2O2. The van der Waals surface area contributed by atoms with Crippen LogP contribution >= 0.6 is 15.9 Å². The summed E-state index contributed by atoms with van der Waals surface area (Å²) in [5.41, 5.74) is -0.399. The van der Waals surface area contributed by atoms with Gasteiger partial charge in [0, 0.05) is 31.5 Å². The van der Waals surface area contributed by atoms with E-state index in [-0.39, 0.29) is 6.09 Å². The van der Waals surface area contributed by atoms with Crippen LogP contribution < -0.4 is 0 Å². The van der Waals surface area contributed by atoms with Crippen LogP contribution in [0.2, 0.25) is 0 Å². The number of hydrogen-bond donors (Lipinski definition) is 0. The van der Waals surface area contributed by atoms with Crippen LogP contribution in [0.15, 0.2) is 0 Å². The standard InChI is InChI=1S/C13H25BrN2O2/c1-13(2,3)18-12(17)16-10-8-15(9-11-16)7-5-4-6-14/h4-11H2,1-3H3. The Morgan fingerprint density at radius 2 is 1.78 bits per heavy atom. The molecule has 1 amide bonds. The smallest absolute Gasteiger partial charge is 0.410 e. The number of carbonyl (C=O) groups excluding carboxylic acids is 1. The fourth-order valence-corrected chi connectivity index (χ4v) is 2.31. The molecule has 0 unspecified atom stereocenters. The first kappa shape index (κ1) is 15.8. The Kier molecular flexibility index (Phi) is 6.43. The van der Waals surface area contributed by atoms with Crippen LogP contribution in [0.1, 0.15) is 33.6 Å². The van der Waals surface area contributed by atoms with Gasteiger partial charge in [0.15, 0.2) is 0 Å². The third kappa shape index (κ3) is 6.05. The van der Waals surface area contributed by atoms with Gasteiger partial charge in [0.2, 0.25) is 0 Å². The van der Waals surface area contributed by atoms with Gasteiger partial charge in [-0.1, -0.05) is 15.9 Å². The lowest BCUT2D eigenvalue weighted by atomic mass is 10.2. The summed E-state index contributed by atoms with van der Waals surface area (Å²) in [6.45, 7) is 10.3. The first-order chi connectivity index (χ1) is 8.42. The molecular weight excluding hydrogens is 296 g/mol. The van der Waals surface area contributed by atoms with Gasteiger partial charge in [0.1, 0.15) is 5.60 Å². The van der Waals surface area contributed by atoms with E-state index in [0.717, 1.165) is 38.1 Å². The highest BCUT2D eigenvalue weighted by Crippen LogP contribution is 2.12. The van der Waals surface area contributed by atoms with E-state index < -0.39 is 5.60 Å². The molecule has 0 spiro atoms. The lowest BCUT2D eigenvalue weighted by Crippen LogP contribution is -2.50. The van der Waals surface area contributed by atoms with Crippen LogP contribution in [0.5, 0.6) is 0 Å². The van der Waals surface area contributed by atoms with Crippen molar-refractivity contribution in [1.82, 2.24) is 9.80 Å². The fraction of sp³-hybridized carbons (Fsp3) is 0.923. The number of alkyl halides is 1. The molecule has 0 saturated carbocycles. The summed E-state index contributed by atoms with van der Waals surface area (Å²) in [5, 5.41) is 1.07. The number of ether oxygens (including phenoxy) is 1. The van der Waals surface area contributed by atoms with E-state index in [2.05, 4.69) is 20.8 Å². The van der Waals surface area contributed by atoms with Gasteiger partial charge in [0.25, 0.3) is 0 Å². The minimum absolute atomic E-state index is 0.178. The van der Waals surface area contributed by atoms with Crippen molar-refractivity contribution in [1.29, 1.82) is 0 Å². The molecule has 0 atom stereocenters. The number of halogens is 1. The van der Waals surface area contributed by atoms with Crippen molar-refractivity contribution in [3.05, 3.63) is 0 Å². The van der Waals surface area contributed by atoms with Gasteiger partial charge in [-0.25, -0.2) is 4.79 Å². The maximum absolute atomic E-state index is 11.9. The monoisotopic (exact) mass is 320 g/mol. The van der Waals surface area contributed by atoms with Crippen molar-refractivity contribution in [2.75, 3.05) is 38.1 Å². The van der Waals surface area contributed by atoms with Crippen LogP contribution in [0.4, 0.5) is 4.79 Å². The van der Waals surface area contributed by atoms with E-state index in [0.29, 0.717) is 0 Å². The molecule has 1 saturated heterocycles. The number of carbonyl (C=O) groups is 1. The van der Waals surface area contributed by atoms with Gasteiger partial charge in [-0.3, -0.25) is 4.90 Å². The van der Waals surface area contributed by atoms with Crippen LogP contribution in [0, 0.1) is 0 Å².